The number of unbranched alkanes of at least 4 members (excludes halogenated alkanes) is 1. The highest BCUT2D eigenvalue weighted by molar-refractivity contribution is 6.00. The van der Waals surface area contributed by atoms with Crippen LogP contribution in [0.25, 0.3) is 0 Å². The number of benzene rings is 1. The molecule has 6 heteroatoms. The molecule has 0 bridgehead atoms. The molecule has 0 aliphatic carbocycles. The molecule has 0 radical (unpaired) electrons. The molecular formula is C22H28O6. The lowest BCUT2D eigenvalue weighted by Gasteiger charge is -2.29. The van der Waals surface area contributed by atoms with Gasteiger partial charge >= 0.3 is 17.9 Å². The lowest BCUT2D eigenvalue weighted by Crippen LogP contribution is -2.44. The Kier molecular flexibility index (Phi) is 10.3. The molecule has 0 saturated carbocycles. The maximum Gasteiger partial charge on any atom is 0.324 e. The average Bonchev–Trinajstić information content (AvgIpc) is 2.69. The van der Waals surface area contributed by atoms with Gasteiger partial charge in [-0.3, -0.25) is 14.4 Å². The molecule has 0 fully saturated rings. The van der Waals surface area contributed by atoms with E-state index in [4.69, 9.17) is 14.2 Å². The summed E-state index contributed by atoms with van der Waals surface area (Å²) < 4.78 is 15.4. The number of hydrogen-bond donors (Lipinski definition) is 0. The van der Waals surface area contributed by atoms with Gasteiger partial charge in [0.2, 0.25) is 0 Å². The van der Waals surface area contributed by atoms with Crippen molar-refractivity contribution in [2.45, 2.75) is 32.6 Å². The highest BCUT2D eigenvalue weighted by Crippen LogP contribution is 2.33. The zero-order chi connectivity index (χ0) is 20.8. The topological polar surface area (TPSA) is 78.9 Å². The molecule has 0 unspecified atom stereocenters. The molecule has 0 spiro atoms. The van der Waals surface area contributed by atoms with Crippen LogP contribution in [0.1, 0.15) is 31.7 Å². The third-order valence-electron chi connectivity index (χ3n) is 4.10. The molecule has 0 aliphatic rings. The van der Waals surface area contributed by atoms with Gasteiger partial charge in [0, 0.05) is 6.92 Å². The molecular weight excluding hydrogens is 360 g/mol. The van der Waals surface area contributed by atoms with Crippen molar-refractivity contribution < 1.29 is 28.6 Å². The number of rotatable bonds is 13. The zero-order valence-electron chi connectivity index (χ0n) is 16.4. The lowest BCUT2D eigenvalue weighted by atomic mass is 9.77. The molecule has 0 aromatic heterocycles. The van der Waals surface area contributed by atoms with Crippen LogP contribution in [-0.4, -0.2) is 37.7 Å². The summed E-state index contributed by atoms with van der Waals surface area (Å²) in [6.45, 7) is 8.63. The van der Waals surface area contributed by atoms with Gasteiger partial charge in [0.15, 0.2) is 5.41 Å². The van der Waals surface area contributed by atoms with Crippen LogP contribution < -0.4 is 0 Å². The minimum Gasteiger partial charge on any atom is -0.466 e. The molecule has 28 heavy (non-hydrogen) atoms. The van der Waals surface area contributed by atoms with Crippen LogP contribution in [0, 0.1) is 5.41 Å². The van der Waals surface area contributed by atoms with E-state index in [1.807, 2.05) is 30.3 Å². The second kappa shape index (κ2) is 12.5. The van der Waals surface area contributed by atoms with Crippen molar-refractivity contribution in [1.29, 1.82) is 0 Å². The van der Waals surface area contributed by atoms with E-state index in [-0.39, 0.29) is 38.6 Å². The fraction of sp³-hybridized carbons (Fsp3) is 0.409. The first-order chi connectivity index (χ1) is 13.5. The Hall–Kier alpha value is -2.89. The maximum atomic E-state index is 12.9. The standard InChI is InChI=1S/C22H28O6/c1-4-14-27-20(24)22(21(25)28-15-5-2,13-9-10-16-26-18(3)23)17-19-11-7-6-8-12-19/h4-8,11-12H,1-2,9-10,13-17H2,3H3. The van der Waals surface area contributed by atoms with Crippen molar-refractivity contribution in [3.63, 3.8) is 0 Å². The van der Waals surface area contributed by atoms with Gasteiger partial charge in [-0.2, -0.15) is 0 Å². The normalized spacial score (nSPS) is 10.6. The van der Waals surface area contributed by atoms with Gasteiger partial charge in [-0.1, -0.05) is 55.6 Å². The Morgan fingerprint density at radius 2 is 1.50 bits per heavy atom. The minimum atomic E-state index is -1.50. The second-order valence-corrected chi connectivity index (χ2v) is 6.32. The van der Waals surface area contributed by atoms with E-state index >= 15 is 0 Å². The first-order valence-corrected chi connectivity index (χ1v) is 9.20. The summed E-state index contributed by atoms with van der Waals surface area (Å²) in [7, 11) is 0. The number of esters is 3. The lowest BCUT2D eigenvalue weighted by molar-refractivity contribution is -0.172. The van der Waals surface area contributed by atoms with Gasteiger partial charge in [0.25, 0.3) is 0 Å². The largest absolute Gasteiger partial charge is 0.466 e. The van der Waals surface area contributed by atoms with E-state index in [2.05, 4.69) is 13.2 Å². The highest BCUT2D eigenvalue weighted by Gasteiger charge is 2.48. The minimum absolute atomic E-state index is 0.00242. The van der Waals surface area contributed by atoms with Crippen LogP contribution in [0.3, 0.4) is 0 Å². The van der Waals surface area contributed by atoms with E-state index in [9.17, 15) is 14.4 Å². The number of carbonyl (C=O) groups is 3. The van der Waals surface area contributed by atoms with Gasteiger partial charge in [0.1, 0.15) is 13.2 Å². The van der Waals surface area contributed by atoms with E-state index in [0.29, 0.717) is 12.8 Å². The Morgan fingerprint density at radius 3 is 2.00 bits per heavy atom. The summed E-state index contributed by atoms with van der Waals surface area (Å²) in [6, 6.07) is 9.22. The molecule has 1 aromatic rings. The second-order valence-electron chi connectivity index (χ2n) is 6.32. The van der Waals surface area contributed by atoms with Crippen molar-refractivity contribution in [2.24, 2.45) is 5.41 Å². The molecule has 152 valence electrons. The Labute approximate surface area is 166 Å². The summed E-state index contributed by atoms with van der Waals surface area (Å²) >= 11 is 0. The monoisotopic (exact) mass is 388 g/mol. The average molecular weight is 388 g/mol. The quantitative estimate of drug-likeness (QED) is 0.169. The van der Waals surface area contributed by atoms with Gasteiger partial charge in [-0.15, -0.1) is 0 Å². The van der Waals surface area contributed by atoms with Crippen molar-refractivity contribution >= 4 is 17.9 Å². The molecule has 0 heterocycles. The Bertz CT molecular complexity index is 641. The molecule has 0 aliphatic heterocycles. The van der Waals surface area contributed by atoms with Crippen LogP contribution in [0.5, 0.6) is 0 Å². The van der Waals surface area contributed by atoms with Crippen molar-refractivity contribution in [2.75, 3.05) is 19.8 Å². The van der Waals surface area contributed by atoms with E-state index in [0.717, 1.165) is 5.56 Å². The molecule has 0 amide bonds. The highest BCUT2D eigenvalue weighted by atomic mass is 16.6. The SMILES string of the molecule is C=CCOC(=O)C(CCCCOC(C)=O)(Cc1ccccc1)C(=O)OCC=C. The summed E-state index contributed by atoms with van der Waals surface area (Å²) in [5.41, 5.74) is -0.683. The van der Waals surface area contributed by atoms with Crippen LogP contribution in [-0.2, 0) is 35.0 Å². The van der Waals surface area contributed by atoms with Crippen molar-refractivity contribution in [3.8, 4) is 0 Å². The molecule has 0 saturated heterocycles. The number of ether oxygens (including phenoxy) is 3. The predicted octanol–water partition coefficient (Wildman–Crippen LogP) is 3.41. The summed E-state index contributed by atoms with van der Waals surface area (Å²) in [6.07, 6.45) is 4.23. The predicted molar refractivity (Wildman–Crippen MR) is 105 cm³/mol. The first-order valence-electron chi connectivity index (χ1n) is 9.20. The number of hydrogen-bond acceptors (Lipinski definition) is 6. The maximum absolute atomic E-state index is 12.9. The van der Waals surface area contributed by atoms with Crippen molar-refractivity contribution in [3.05, 3.63) is 61.2 Å². The third kappa shape index (κ3) is 7.39. The van der Waals surface area contributed by atoms with Gasteiger partial charge in [0.05, 0.1) is 6.61 Å². The Balaban J connectivity index is 3.08. The van der Waals surface area contributed by atoms with Crippen LogP contribution >= 0.6 is 0 Å². The fourth-order valence-electron chi connectivity index (χ4n) is 2.75. The van der Waals surface area contributed by atoms with Crippen molar-refractivity contribution in [1.82, 2.24) is 0 Å². The summed E-state index contributed by atoms with van der Waals surface area (Å²) in [5.74, 6) is -1.68. The Morgan fingerprint density at radius 1 is 0.929 bits per heavy atom. The molecule has 0 N–H and O–H groups in total. The smallest absolute Gasteiger partial charge is 0.324 e. The van der Waals surface area contributed by atoms with Crippen LogP contribution in [0.4, 0.5) is 0 Å². The van der Waals surface area contributed by atoms with Crippen LogP contribution in [0.15, 0.2) is 55.6 Å². The molecule has 1 rings (SSSR count). The van der Waals surface area contributed by atoms with Gasteiger partial charge < -0.3 is 14.2 Å². The van der Waals surface area contributed by atoms with E-state index < -0.39 is 17.4 Å². The summed E-state index contributed by atoms with van der Waals surface area (Å²) in [5, 5.41) is 0. The fourth-order valence-corrected chi connectivity index (χ4v) is 2.75. The molecule has 0 atom stereocenters. The zero-order valence-corrected chi connectivity index (χ0v) is 16.4. The van der Waals surface area contributed by atoms with E-state index in [1.165, 1.54) is 19.1 Å². The first kappa shape index (κ1) is 23.1. The van der Waals surface area contributed by atoms with Crippen LogP contribution in [0.2, 0.25) is 0 Å². The van der Waals surface area contributed by atoms with Gasteiger partial charge in [-0.25, -0.2) is 0 Å². The molecule has 6 nitrogen and oxygen atoms in total. The molecule has 1 aromatic carbocycles. The summed E-state index contributed by atoms with van der Waals surface area (Å²) in [4.78, 5) is 36.8. The number of carbonyl (C=O) groups excluding carboxylic acids is 3. The third-order valence-corrected chi connectivity index (χ3v) is 4.10. The van der Waals surface area contributed by atoms with Gasteiger partial charge in [-0.05, 0) is 31.2 Å². The van der Waals surface area contributed by atoms with E-state index in [1.54, 1.807) is 0 Å².